The van der Waals surface area contributed by atoms with Gasteiger partial charge in [-0.2, -0.15) is 0 Å². The first-order valence-corrected chi connectivity index (χ1v) is 13.3. The van der Waals surface area contributed by atoms with E-state index in [0.717, 1.165) is 35.0 Å². The number of anilines is 1. The van der Waals surface area contributed by atoms with Crippen LogP contribution in [0, 0.1) is 5.82 Å². The number of hydrogen-bond donors (Lipinski definition) is 1. The van der Waals surface area contributed by atoms with Gasteiger partial charge in [0.05, 0.1) is 12.1 Å². The molecule has 11 nitrogen and oxygen atoms in total. The summed E-state index contributed by atoms with van der Waals surface area (Å²) < 4.78 is 22.9. The normalized spacial score (nSPS) is 12.0. The number of ether oxygens (including phenoxy) is 1. The summed E-state index contributed by atoms with van der Waals surface area (Å²) >= 11 is 0. The van der Waals surface area contributed by atoms with Gasteiger partial charge in [0.2, 0.25) is 5.91 Å². The molecular formula is C29H37FN6O5. The molecule has 0 bridgehead atoms. The van der Waals surface area contributed by atoms with Crippen molar-refractivity contribution in [3.05, 3.63) is 70.2 Å². The lowest BCUT2D eigenvalue weighted by atomic mass is 10.1. The zero-order valence-corrected chi connectivity index (χ0v) is 24.3. The minimum absolute atomic E-state index is 0.0796. The maximum absolute atomic E-state index is 14.2. The summed E-state index contributed by atoms with van der Waals surface area (Å²) in [6, 6.07) is 4.85. The van der Waals surface area contributed by atoms with Gasteiger partial charge in [0, 0.05) is 58.7 Å². The van der Waals surface area contributed by atoms with Crippen molar-refractivity contribution >= 4 is 34.6 Å². The highest BCUT2D eigenvalue weighted by atomic mass is 19.1. The van der Waals surface area contributed by atoms with Crippen LogP contribution in [0.2, 0.25) is 0 Å². The molecule has 0 fully saturated rings. The van der Waals surface area contributed by atoms with Crippen LogP contribution in [0.4, 0.5) is 15.0 Å². The molecule has 0 spiro atoms. The summed E-state index contributed by atoms with van der Waals surface area (Å²) in [5.74, 6) is -1.48. The topological polar surface area (TPSA) is 119 Å². The molecule has 3 rings (SSSR count). The van der Waals surface area contributed by atoms with E-state index in [0.29, 0.717) is 0 Å². The molecule has 220 valence electrons. The van der Waals surface area contributed by atoms with Crippen molar-refractivity contribution in [2.24, 2.45) is 7.05 Å². The number of carbonyl (C=O) groups is 3. The zero-order valence-electron chi connectivity index (χ0n) is 24.3. The molecule has 0 radical (unpaired) electrons. The molecule has 41 heavy (non-hydrogen) atoms. The number of halogens is 1. The number of rotatable bonds is 11. The average molecular weight is 569 g/mol. The Morgan fingerprint density at radius 2 is 1.88 bits per heavy atom. The van der Waals surface area contributed by atoms with E-state index >= 15 is 0 Å². The predicted octanol–water partition coefficient (Wildman–Crippen LogP) is 3.30. The van der Waals surface area contributed by atoms with E-state index in [-0.39, 0.29) is 36.9 Å². The van der Waals surface area contributed by atoms with Crippen molar-refractivity contribution in [2.45, 2.75) is 45.3 Å². The fourth-order valence-electron chi connectivity index (χ4n) is 4.31. The number of nitrogens with zero attached hydrogens (tertiary/aromatic N) is 5. The number of aromatic nitrogens is 3. The van der Waals surface area contributed by atoms with Crippen molar-refractivity contribution < 1.29 is 23.5 Å². The first-order chi connectivity index (χ1) is 19.4. The first-order valence-electron chi connectivity index (χ1n) is 13.3. The number of hydrogen-bond acceptors (Lipinski definition) is 6. The molecular weight excluding hydrogens is 531 g/mol. The Morgan fingerprint density at radius 3 is 2.54 bits per heavy atom. The van der Waals surface area contributed by atoms with Crippen LogP contribution in [-0.4, -0.2) is 76.1 Å². The maximum Gasteiger partial charge on any atom is 0.410 e. The zero-order chi connectivity index (χ0) is 30.3. The van der Waals surface area contributed by atoms with Crippen molar-refractivity contribution in [3.8, 4) is 0 Å². The van der Waals surface area contributed by atoms with E-state index in [2.05, 4.69) is 10.3 Å². The van der Waals surface area contributed by atoms with Gasteiger partial charge >= 0.3 is 6.09 Å². The average Bonchev–Trinajstić information content (AvgIpc) is 3.22. The molecule has 0 saturated carbocycles. The van der Waals surface area contributed by atoms with Gasteiger partial charge in [0.15, 0.2) is 11.9 Å². The number of nitrogens with one attached hydrogen (secondary N) is 1. The van der Waals surface area contributed by atoms with Crippen molar-refractivity contribution in [1.82, 2.24) is 23.9 Å². The lowest BCUT2D eigenvalue weighted by molar-refractivity contribution is -0.125. The van der Waals surface area contributed by atoms with Crippen LogP contribution in [0.15, 0.2) is 47.5 Å². The number of carbonyl (C=O) groups excluding carboxylic acids is 3. The molecule has 0 unspecified atom stereocenters. The van der Waals surface area contributed by atoms with Gasteiger partial charge < -0.3 is 29.0 Å². The molecule has 2 aromatic heterocycles. The number of fused-ring (bicyclic) bond motifs is 1. The fourth-order valence-corrected chi connectivity index (χ4v) is 4.31. The van der Waals surface area contributed by atoms with Crippen molar-refractivity contribution in [3.63, 3.8) is 0 Å². The van der Waals surface area contributed by atoms with E-state index < -0.39 is 23.7 Å². The monoisotopic (exact) mass is 568 g/mol. The molecule has 0 aliphatic rings. The summed E-state index contributed by atoms with van der Waals surface area (Å²) in [4.78, 5) is 56.9. The van der Waals surface area contributed by atoms with E-state index in [1.807, 2.05) is 24.6 Å². The van der Waals surface area contributed by atoms with Gasteiger partial charge in [-0.1, -0.05) is 19.4 Å². The van der Waals surface area contributed by atoms with Crippen LogP contribution in [0.5, 0.6) is 0 Å². The van der Waals surface area contributed by atoms with Gasteiger partial charge in [-0.25, -0.2) is 14.2 Å². The molecule has 1 N–H and O–H groups in total. The summed E-state index contributed by atoms with van der Waals surface area (Å²) in [5, 5.41) is 3.23. The van der Waals surface area contributed by atoms with Crippen LogP contribution in [0.3, 0.4) is 0 Å². The highest BCUT2D eigenvalue weighted by Crippen LogP contribution is 2.25. The van der Waals surface area contributed by atoms with E-state index in [1.165, 1.54) is 59.1 Å². The maximum atomic E-state index is 14.2. The Kier molecular flexibility index (Phi) is 10.4. The number of aryl methyl sites for hydroxylation is 2. The summed E-state index contributed by atoms with van der Waals surface area (Å²) in [5.41, 5.74) is 2.02. The molecule has 1 aromatic carbocycles. The molecule has 0 saturated heterocycles. The molecule has 3 amide bonds. The van der Waals surface area contributed by atoms with E-state index in [1.54, 1.807) is 20.2 Å². The number of allylic oxidation sites excluding steroid dienone is 1. The highest BCUT2D eigenvalue weighted by Gasteiger charge is 2.25. The predicted molar refractivity (Wildman–Crippen MR) is 154 cm³/mol. The van der Waals surface area contributed by atoms with Crippen LogP contribution >= 0.6 is 0 Å². The van der Waals surface area contributed by atoms with Crippen LogP contribution in [-0.2, 0) is 34.3 Å². The Balaban J connectivity index is 1.82. The smallest absolute Gasteiger partial charge is 0.410 e. The second-order valence-electron chi connectivity index (χ2n) is 10.1. The molecule has 0 aliphatic heterocycles. The minimum atomic E-state index is -1.23. The molecule has 0 aliphatic carbocycles. The second-order valence-corrected chi connectivity index (χ2v) is 10.1. The highest BCUT2D eigenvalue weighted by molar-refractivity contribution is 5.94. The third kappa shape index (κ3) is 7.80. The molecule has 2 heterocycles. The van der Waals surface area contributed by atoms with Crippen molar-refractivity contribution in [1.29, 1.82) is 0 Å². The van der Waals surface area contributed by atoms with Crippen LogP contribution in [0.1, 0.15) is 37.4 Å². The lowest BCUT2D eigenvalue weighted by Gasteiger charge is -2.19. The Labute approximate surface area is 238 Å². The van der Waals surface area contributed by atoms with E-state index in [9.17, 15) is 23.6 Å². The lowest BCUT2D eigenvalue weighted by Crippen LogP contribution is -2.38. The Morgan fingerprint density at radius 1 is 1.15 bits per heavy atom. The van der Waals surface area contributed by atoms with Crippen LogP contribution < -0.4 is 10.9 Å². The van der Waals surface area contributed by atoms with E-state index in [4.69, 9.17) is 4.74 Å². The number of likely N-dealkylation sites (N-methyl/N-ethyl adjacent to an activating group) is 1. The molecule has 1 atom stereocenters. The largest absolute Gasteiger partial charge is 0.436 e. The molecule has 3 aromatic rings. The number of benzene rings is 1. The Bertz CT molecular complexity index is 1510. The molecule has 12 heteroatoms. The van der Waals surface area contributed by atoms with Gasteiger partial charge in [-0.15, -0.1) is 0 Å². The Hall–Kier alpha value is -4.48. The van der Waals surface area contributed by atoms with Crippen molar-refractivity contribution in [2.75, 3.05) is 33.5 Å². The minimum Gasteiger partial charge on any atom is -0.436 e. The summed E-state index contributed by atoms with van der Waals surface area (Å²) in [6.45, 7) is 2.19. The third-order valence-corrected chi connectivity index (χ3v) is 6.48. The van der Waals surface area contributed by atoms with Gasteiger partial charge in [0.25, 0.3) is 11.5 Å². The SMILES string of the molecule is CCCc1cc(F)cc2cc(Cn3ccnc(NC(=O)[C@H](CC/C=C/C(=O)N(C)C)OC(=O)N(C)C)c3=O)n(C)c12. The third-order valence-electron chi connectivity index (χ3n) is 6.48. The fraction of sp³-hybridized carbons (Fsp3) is 0.414. The van der Waals surface area contributed by atoms with Gasteiger partial charge in [-0.05, 0) is 49.1 Å². The van der Waals surface area contributed by atoms with Gasteiger partial charge in [0.1, 0.15) is 5.82 Å². The standard InChI is InChI=1S/C29H37FN6O5/c1-7-10-19-15-21(30)16-20-17-22(35(6)25(19)20)18-36-14-13-31-26(28(36)39)32-27(38)23(41-29(40)34(4)5)11-8-9-12-24(37)33(2)3/h9,12-17,23H,7-8,10-11,18H2,1-6H3,(H,31,32,38)/b12-9+/t23-/m0/s1. The second kappa shape index (κ2) is 13.7. The quantitative estimate of drug-likeness (QED) is 0.355. The first kappa shape index (κ1) is 31.1. The number of amides is 3. The van der Waals surface area contributed by atoms with Crippen LogP contribution in [0.25, 0.3) is 10.9 Å². The summed E-state index contributed by atoms with van der Waals surface area (Å²) in [7, 11) is 8.07. The summed E-state index contributed by atoms with van der Waals surface area (Å²) in [6.07, 6.45) is 5.81. The van der Waals surface area contributed by atoms with Gasteiger partial charge in [-0.3, -0.25) is 14.4 Å².